The molecule has 1 atom stereocenters. The van der Waals surface area contributed by atoms with Crippen LogP contribution in [-0.4, -0.2) is 40.2 Å². The van der Waals surface area contributed by atoms with E-state index in [1.807, 2.05) is 6.92 Å². The fourth-order valence-corrected chi connectivity index (χ4v) is 4.26. The maximum atomic E-state index is 13.5. The zero-order chi connectivity index (χ0) is 21.8. The fraction of sp³-hybridized carbons (Fsp3) is 0.375. The van der Waals surface area contributed by atoms with E-state index in [4.69, 9.17) is 0 Å². The van der Waals surface area contributed by atoms with Gasteiger partial charge in [-0.25, -0.2) is 9.07 Å². The van der Waals surface area contributed by atoms with Crippen LogP contribution in [0.1, 0.15) is 48.3 Å². The monoisotopic (exact) mass is 422 g/mol. The molecule has 2 aromatic carbocycles. The lowest BCUT2D eigenvalue weighted by Crippen LogP contribution is -2.41. The normalized spacial score (nSPS) is 15.7. The van der Waals surface area contributed by atoms with Gasteiger partial charge in [0, 0.05) is 18.5 Å². The number of carbonyl (C=O) groups is 1. The van der Waals surface area contributed by atoms with E-state index in [0.717, 1.165) is 31.5 Å². The lowest BCUT2D eigenvalue weighted by atomic mass is 10.0. The molecule has 31 heavy (non-hydrogen) atoms. The van der Waals surface area contributed by atoms with Crippen LogP contribution in [0.15, 0.2) is 53.3 Å². The quantitative estimate of drug-likeness (QED) is 0.660. The van der Waals surface area contributed by atoms with E-state index in [0.29, 0.717) is 23.9 Å². The van der Waals surface area contributed by atoms with E-state index in [1.54, 1.807) is 36.4 Å². The molecule has 1 aliphatic heterocycles. The molecule has 1 amide bonds. The molecular weight excluding hydrogens is 395 g/mol. The number of nitrogens with zero attached hydrogens (tertiary/aromatic N) is 3. The van der Waals surface area contributed by atoms with Crippen LogP contribution < -0.4 is 10.9 Å². The van der Waals surface area contributed by atoms with E-state index in [2.05, 4.69) is 15.3 Å². The number of piperidine rings is 1. The molecule has 0 saturated carbocycles. The van der Waals surface area contributed by atoms with Gasteiger partial charge in [-0.15, -0.1) is 0 Å². The Balaban J connectivity index is 1.61. The summed E-state index contributed by atoms with van der Waals surface area (Å²) < 4.78 is 14.8. The Morgan fingerprint density at radius 1 is 1.06 bits per heavy atom. The molecule has 1 N–H and O–H groups in total. The first-order valence-electron chi connectivity index (χ1n) is 10.9. The van der Waals surface area contributed by atoms with Crippen LogP contribution in [0, 0.1) is 5.82 Å². The fourth-order valence-electron chi connectivity index (χ4n) is 4.26. The first-order valence-corrected chi connectivity index (χ1v) is 10.9. The summed E-state index contributed by atoms with van der Waals surface area (Å²) in [7, 11) is 0. The van der Waals surface area contributed by atoms with Crippen molar-refractivity contribution in [3.63, 3.8) is 0 Å². The molecule has 6 nitrogen and oxygen atoms in total. The Morgan fingerprint density at radius 2 is 1.74 bits per heavy atom. The molecule has 0 aliphatic carbocycles. The summed E-state index contributed by atoms with van der Waals surface area (Å²) in [6, 6.07) is 13.5. The predicted octanol–water partition coefficient (Wildman–Crippen LogP) is 3.51. The molecule has 1 unspecified atom stereocenters. The molecule has 162 valence electrons. The number of aromatic nitrogens is 2. The minimum absolute atomic E-state index is 0.0480. The van der Waals surface area contributed by atoms with Crippen molar-refractivity contribution in [2.24, 2.45) is 0 Å². The minimum atomic E-state index is -0.317. The zero-order valence-corrected chi connectivity index (χ0v) is 17.7. The van der Waals surface area contributed by atoms with Crippen molar-refractivity contribution in [2.45, 2.75) is 38.8 Å². The highest BCUT2D eigenvalue weighted by Crippen LogP contribution is 2.25. The van der Waals surface area contributed by atoms with Gasteiger partial charge >= 0.3 is 0 Å². The van der Waals surface area contributed by atoms with E-state index in [9.17, 15) is 14.0 Å². The van der Waals surface area contributed by atoms with E-state index in [-0.39, 0.29) is 29.0 Å². The molecule has 1 aliphatic rings. The average Bonchev–Trinajstić information content (AvgIpc) is 2.81. The molecule has 0 radical (unpaired) electrons. The third-order valence-corrected chi connectivity index (χ3v) is 5.92. The van der Waals surface area contributed by atoms with Gasteiger partial charge in [-0.1, -0.05) is 36.8 Å². The SMILES string of the molecule is CCn1nc(C(=O)NCC(c2ccc(F)cc2)N2CCCCC2)c2ccccc2c1=O. The highest BCUT2D eigenvalue weighted by atomic mass is 19.1. The number of nitrogens with one attached hydrogen (secondary N) is 1. The number of likely N-dealkylation sites (tertiary alicyclic amines) is 1. The number of amides is 1. The van der Waals surface area contributed by atoms with Gasteiger partial charge in [0.05, 0.1) is 11.4 Å². The van der Waals surface area contributed by atoms with Crippen LogP contribution in [-0.2, 0) is 6.54 Å². The smallest absolute Gasteiger partial charge is 0.274 e. The number of rotatable bonds is 6. The summed E-state index contributed by atoms with van der Waals surface area (Å²) in [5.41, 5.74) is 1.01. The predicted molar refractivity (Wildman–Crippen MR) is 119 cm³/mol. The van der Waals surface area contributed by atoms with Crippen LogP contribution in [0.2, 0.25) is 0 Å². The number of hydrogen-bond donors (Lipinski definition) is 1. The van der Waals surface area contributed by atoms with E-state index in [1.165, 1.54) is 23.2 Å². The summed E-state index contributed by atoms with van der Waals surface area (Å²) in [6.07, 6.45) is 3.42. The van der Waals surface area contributed by atoms with Crippen LogP contribution in [0.4, 0.5) is 4.39 Å². The molecule has 1 fully saturated rings. The number of benzene rings is 2. The van der Waals surface area contributed by atoms with Crippen LogP contribution >= 0.6 is 0 Å². The largest absolute Gasteiger partial charge is 0.349 e. The maximum Gasteiger partial charge on any atom is 0.274 e. The zero-order valence-electron chi connectivity index (χ0n) is 17.7. The second kappa shape index (κ2) is 9.39. The molecule has 0 bridgehead atoms. The van der Waals surface area contributed by atoms with Crippen molar-refractivity contribution < 1.29 is 9.18 Å². The van der Waals surface area contributed by atoms with Crippen LogP contribution in [0.3, 0.4) is 0 Å². The van der Waals surface area contributed by atoms with Gasteiger partial charge in [0.2, 0.25) is 0 Å². The Morgan fingerprint density at radius 3 is 2.42 bits per heavy atom. The Kier molecular flexibility index (Phi) is 6.42. The number of hydrogen-bond acceptors (Lipinski definition) is 4. The molecule has 4 rings (SSSR count). The summed E-state index contributed by atoms with van der Waals surface area (Å²) in [5.74, 6) is -0.592. The molecule has 1 saturated heterocycles. The Hall–Kier alpha value is -3.06. The topological polar surface area (TPSA) is 67.2 Å². The van der Waals surface area contributed by atoms with Crippen molar-refractivity contribution in [1.82, 2.24) is 20.0 Å². The highest BCUT2D eigenvalue weighted by molar-refractivity contribution is 6.04. The van der Waals surface area contributed by atoms with Crippen molar-refractivity contribution in [3.8, 4) is 0 Å². The Bertz CT molecular complexity index is 1120. The first-order chi connectivity index (χ1) is 15.1. The van der Waals surface area contributed by atoms with Gasteiger partial charge in [-0.3, -0.25) is 14.5 Å². The molecule has 3 aromatic rings. The second-order valence-corrected chi connectivity index (χ2v) is 7.89. The van der Waals surface area contributed by atoms with Gasteiger partial charge in [-0.05, 0) is 56.6 Å². The van der Waals surface area contributed by atoms with Crippen molar-refractivity contribution in [3.05, 3.63) is 76.0 Å². The van der Waals surface area contributed by atoms with E-state index >= 15 is 0 Å². The Labute approximate surface area is 180 Å². The van der Waals surface area contributed by atoms with Gasteiger partial charge < -0.3 is 5.32 Å². The second-order valence-electron chi connectivity index (χ2n) is 7.89. The molecule has 7 heteroatoms. The van der Waals surface area contributed by atoms with Gasteiger partial charge in [0.15, 0.2) is 5.69 Å². The highest BCUT2D eigenvalue weighted by Gasteiger charge is 2.24. The van der Waals surface area contributed by atoms with Crippen LogP contribution in [0.25, 0.3) is 10.8 Å². The molecular formula is C24H27FN4O2. The molecule has 2 heterocycles. The van der Waals surface area contributed by atoms with Crippen molar-refractivity contribution in [1.29, 1.82) is 0 Å². The number of carbonyl (C=O) groups excluding carboxylic acids is 1. The summed E-state index contributed by atoms with van der Waals surface area (Å²) in [4.78, 5) is 28.0. The third kappa shape index (κ3) is 4.51. The van der Waals surface area contributed by atoms with Gasteiger partial charge in [0.25, 0.3) is 11.5 Å². The third-order valence-electron chi connectivity index (χ3n) is 5.92. The van der Waals surface area contributed by atoms with E-state index < -0.39 is 0 Å². The summed E-state index contributed by atoms with van der Waals surface area (Å²) in [6.45, 7) is 4.48. The van der Waals surface area contributed by atoms with Crippen LogP contribution in [0.5, 0.6) is 0 Å². The van der Waals surface area contributed by atoms with Crippen molar-refractivity contribution in [2.75, 3.05) is 19.6 Å². The number of halogens is 1. The lowest BCUT2D eigenvalue weighted by molar-refractivity contribution is 0.0919. The summed E-state index contributed by atoms with van der Waals surface area (Å²) >= 11 is 0. The van der Waals surface area contributed by atoms with Crippen molar-refractivity contribution >= 4 is 16.7 Å². The molecule has 1 aromatic heterocycles. The number of aryl methyl sites for hydroxylation is 1. The minimum Gasteiger partial charge on any atom is -0.349 e. The number of fused-ring (bicyclic) bond motifs is 1. The maximum absolute atomic E-state index is 13.5. The summed E-state index contributed by atoms with van der Waals surface area (Å²) in [5, 5.41) is 8.37. The lowest BCUT2D eigenvalue weighted by Gasteiger charge is -2.35. The van der Waals surface area contributed by atoms with Gasteiger partial charge in [-0.2, -0.15) is 5.10 Å². The molecule has 0 spiro atoms. The standard InChI is InChI=1S/C24H27FN4O2/c1-2-29-24(31)20-9-5-4-8-19(20)22(27-29)23(30)26-16-21(28-14-6-3-7-15-28)17-10-12-18(25)13-11-17/h4-5,8-13,21H,2-3,6-7,14-16H2,1H3,(H,26,30). The van der Waals surface area contributed by atoms with Gasteiger partial charge in [0.1, 0.15) is 5.82 Å². The first kappa shape index (κ1) is 21.2. The average molecular weight is 423 g/mol.